The van der Waals surface area contributed by atoms with Crippen LogP contribution in [0.15, 0.2) is 12.1 Å². The molecular formula is C7H5Cl2NO3. The quantitative estimate of drug-likeness (QED) is 0.617. The van der Waals surface area contributed by atoms with Crippen molar-refractivity contribution in [3.8, 4) is 0 Å². The van der Waals surface area contributed by atoms with Crippen molar-refractivity contribution >= 4 is 28.9 Å². The van der Waals surface area contributed by atoms with Gasteiger partial charge in [-0.15, -0.1) is 0 Å². The first-order chi connectivity index (χ1) is 6.06. The molecule has 0 atom stereocenters. The number of aliphatic hydroxyl groups excluding tert-OH is 1. The smallest absolute Gasteiger partial charge is 0.289 e. The Balaban J connectivity index is 3.35. The van der Waals surface area contributed by atoms with E-state index < -0.39 is 4.92 Å². The maximum absolute atomic E-state index is 10.4. The lowest BCUT2D eigenvalue weighted by Gasteiger charge is -2.01. The minimum Gasteiger partial charge on any atom is -0.392 e. The van der Waals surface area contributed by atoms with Gasteiger partial charge in [0.1, 0.15) is 5.02 Å². The fourth-order valence-electron chi connectivity index (χ4n) is 0.878. The van der Waals surface area contributed by atoms with E-state index in [1.54, 1.807) is 0 Å². The van der Waals surface area contributed by atoms with Crippen LogP contribution in [0.5, 0.6) is 0 Å². The number of benzene rings is 1. The molecule has 4 nitrogen and oxygen atoms in total. The Hall–Kier alpha value is -0.840. The second-order valence-corrected chi connectivity index (χ2v) is 3.13. The fraction of sp³-hybridized carbons (Fsp3) is 0.143. The molecule has 0 spiro atoms. The van der Waals surface area contributed by atoms with Gasteiger partial charge in [-0.25, -0.2) is 0 Å². The lowest BCUT2D eigenvalue weighted by Crippen LogP contribution is -1.93. The lowest BCUT2D eigenvalue weighted by atomic mass is 10.2. The van der Waals surface area contributed by atoms with Crippen molar-refractivity contribution in [3.63, 3.8) is 0 Å². The molecule has 0 bridgehead atoms. The highest BCUT2D eigenvalue weighted by Gasteiger charge is 2.16. The number of aliphatic hydroxyl groups is 1. The number of hydrogen-bond acceptors (Lipinski definition) is 3. The van der Waals surface area contributed by atoms with Crippen LogP contribution in [-0.2, 0) is 6.61 Å². The van der Waals surface area contributed by atoms with Crippen molar-refractivity contribution in [1.29, 1.82) is 0 Å². The van der Waals surface area contributed by atoms with Gasteiger partial charge in [0, 0.05) is 16.7 Å². The van der Waals surface area contributed by atoms with Crippen LogP contribution in [0, 0.1) is 10.1 Å². The summed E-state index contributed by atoms with van der Waals surface area (Å²) in [7, 11) is 0. The molecule has 6 heteroatoms. The maximum atomic E-state index is 10.4. The van der Waals surface area contributed by atoms with Crippen LogP contribution in [0.25, 0.3) is 0 Å². The van der Waals surface area contributed by atoms with Gasteiger partial charge >= 0.3 is 0 Å². The van der Waals surface area contributed by atoms with Gasteiger partial charge in [-0.3, -0.25) is 10.1 Å². The van der Waals surface area contributed by atoms with E-state index in [0.717, 1.165) is 6.07 Å². The fourth-order valence-corrected chi connectivity index (χ4v) is 1.35. The molecule has 1 aromatic carbocycles. The average molecular weight is 222 g/mol. The molecule has 0 aliphatic heterocycles. The molecule has 0 amide bonds. The highest BCUT2D eigenvalue weighted by Crippen LogP contribution is 2.31. The summed E-state index contributed by atoms with van der Waals surface area (Å²) in [6.45, 7) is -0.375. The lowest BCUT2D eigenvalue weighted by molar-refractivity contribution is -0.384. The summed E-state index contributed by atoms with van der Waals surface area (Å²) < 4.78 is 0. The van der Waals surface area contributed by atoms with Crippen molar-refractivity contribution in [2.75, 3.05) is 0 Å². The van der Waals surface area contributed by atoms with Gasteiger partial charge in [0.2, 0.25) is 0 Å². The van der Waals surface area contributed by atoms with E-state index in [4.69, 9.17) is 28.3 Å². The maximum Gasteiger partial charge on any atom is 0.289 e. The highest BCUT2D eigenvalue weighted by molar-refractivity contribution is 6.35. The Bertz CT molecular complexity index is 354. The molecule has 0 heterocycles. The normalized spacial score (nSPS) is 10.1. The topological polar surface area (TPSA) is 63.4 Å². The van der Waals surface area contributed by atoms with E-state index in [0.29, 0.717) is 0 Å². The first-order valence-corrected chi connectivity index (χ1v) is 4.05. The molecule has 1 rings (SSSR count). The molecule has 0 saturated heterocycles. The van der Waals surface area contributed by atoms with Crippen LogP contribution < -0.4 is 0 Å². The highest BCUT2D eigenvalue weighted by atomic mass is 35.5. The van der Waals surface area contributed by atoms with Crippen molar-refractivity contribution in [3.05, 3.63) is 37.9 Å². The van der Waals surface area contributed by atoms with E-state index in [1.165, 1.54) is 6.07 Å². The zero-order valence-corrected chi connectivity index (χ0v) is 7.84. The largest absolute Gasteiger partial charge is 0.392 e. The van der Waals surface area contributed by atoms with Gasteiger partial charge in [-0.05, 0) is 6.07 Å². The summed E-state index contributed by atoms with van der Waals surface area (Å²) in [6, 6.07) is 2.53. The number of nitrogens with zero attached hydrogens (tertiary/aromatic N) is 1. The molecule has 13 heavy (non-hydrogen) atoms. The van der Waals surface area contributed by atoms with Crippen LogP contribution in [-0.4, -0.2) is 10.0 Å². The first kappa shape index (κ1) is 10.2. The number of nitro groups is 1. The van der Waals surface area contributed by atoms with Crippen LogP contribution in [0.1, 0.15) is 5.56 Å². The molecule has 1 N–H and O–H groups in total. The van der Waals surface area contributed by atoms with Crippen LogP contribution >= 0.6 is 23.2 Å². The third-order valence-electron chi connectivity index (χ3n) is 1.46. The van der Waals surface area contributed by atoms with Gasteiger partial charge in [0.15, 0.2) is 0 Å². The molecule has 0 fully saturated rings. The standard InChI is InChI=1S/C7H5Cl2NO3/c8-5-1-4(3-11)7(9)6(2-5)10(12)13/h1-2,11H,3H2. The van der Waals surface area contributed by atoms with Gasteiger partial charge in [0.05, 0.1) is 11.5 Å². The number of nitro benzene ring substituents is 1. The van der Waals surface area contributed by atoms with E-state index in [1.807, 2.05) is 0 Å². The van der Waals surface area contributed by atoms with Crippen molar-refractivity contribution in [2.45, 2.75) is 6.61 Å². The summed E-state index contributed by atoms with van der Waals surface area (Å²) in [5.41, 5.74) is -0.0425. The Morgan fingerprint density at radius 1 is 1.46 bits per heavy atom. The summed E-state index contributed by atoms with van der Waals surface area (Å²) in [4.78, 5) is 9.78. The molecule has 0 radical (unpaired) electrons. The zero-order chi connectivity index (χ0) is 10.0. The summed E-state index contributed by atoms with van der Waals surface area (Å²) in [5, 5.41) is 19.3. The molecular weight excluding hydrogens is 217 g/mol. The molecule has 0 aromatic heterocycles. The Labute approximate surface area is 83.9 Å². The molecule has 0 aliphatic rings. The molecule has 0 aliphatic carbocycles. The van der Waals surface area contributed by atoms with Crippen LogP contribution in [0.2, 0.25) is 10.0 Å². The second-order valence-electron chi connectivity index (χ2n) is 2.31. The second kappa shape index (κ2) is 3.91. The molecule has 1 aromatic rings. The van der Waals surface area contributed by atoms with Gasteiger partial charge < -0.3 is 5.11 Å². The number of halogens is 2. The van der Waals surface area contributed by atoms with Crippen molar-refractivity contribution in [1.82, 2.24) is 0 Å². The Morgan fingerprint density at radius 2 is 2.08 bits per heavy atom. The Kier molecular flexibility index (Phi) is 3.08. The predicted octanol–water partition coefficient (Wildman–Crippen LogP) is 2.39. The minimum absolute atomic E-state index is 0.0723. The molecule has 70 valence electrons. The van der Waals surface area contributed by atoms with Crippen molar-refractivity contribution < 1.29 is 10.0 Å². The number of rotatable bonds is 2. The van der Waals surface area contributed by atoms with E-state index >= 15 is 0 Å². The summed E-state index contributed by atoms with van der Waals surface area (Å²) in [6.07, 6.45) is 0. The first-order valence-electron chi connectivity index (χ1n) is 3.29. The van der Waals surface area contributed by atoms with Gasteiger partial charge in [0.25, 0.3) is 5.69 Å². The molecule has 0 saturated carbocycles. The Morgan fingerprint density at radius 3 is 2.54 bits per heavy atom. The SMILES string of the molecule is O=[N+]([O-])c1cc(Cl)cc(CO)c1Cl. The van der Waals surface area contributed by atoms with Crippen LogP contribution in [0.4, 0.5) is 5.69 Å². The van der Waals surface area contributed by atoms with Crippen molar-refractivity contribution in [2.24, 2.45) is 0 Å². The zero-order valence-electron chi connectivity index (χ0n) is 6.33. The van der Waals surface area contributed by atoms with Gasteiger partial charge in [-0.2, -0.15) is 0 Å². The van der Waals surface area contributed by atoms with E-state index in [9.17, 15) is 10.1 Å². The van der Waals surface area contributed by atoms with Crippen LogP contribution in [0.3, 0.4) is 0 Å². The van der Waals surface area contributed by atoms with Gasteiger partial charge in [-0.1, -0.05) is 23.2 Å². The predicted molar refractivity (Wildman–Crippen MR) is 49.0 cm³/mol. The van der Waals surface area contributed by atoms with E-state index in [-0.39, 0.29) is 27.9 Å². The number of hydrogen-bond donors (Lipinski definition) is 1. The third kappa shape index (κ3) is 2.09. The minimum atomic E-state index is -0.645. The summed E-state index contributed by atoms with van der Waals surface area (Å²) >= 11 is 11.2. The third-order valence-corrected chi connectivity index (χ3v) is 2.12. The molecule has 0 unspecified atom stereocenters. The van der Waals surface area contributed by atoms with E-state index in [2.05, 4.69) is 0 Å². The average Bonchev–Trinajstić information content (AvgIpc) is 2.08. The monoisotopic (exact) mass is 221 g/mol. The summed E-state index contributed by atoms with van der Waals surface area (Å²) in [5.74, 6) is 0.